The molecule has 0 amide bonds. The lowest BCUT2D eigenvalue weighted by Gasteiger charge is -2.20. The number of hydrogen-bond acceptors (Lipinski definition) is 10. The van der Waals surface area contributed by atoms with E-state index < -0.39 is 24.2 Å². The smallest absolute Gasteiger partial charge is 0.302 e. The minimum Gasteiger partial charge on any atom is -0.465 e. The summed E-state index contributed by atoms with van der Waals surface area (Å²) in [5.74, 6) is -0.259. The number of esters is 1. The lowest BCUT2D eigenvalue weighted by molar-refractivity contribution is -0.143. The number of ether oxygens (including phenoxy) is 1. The van der Waals surface area contributed by atoms with Gasteiger partial charge in [0.05, 0.1) is 40.2 Å². The van der Waals surface area contributed by atoms with Crippen LogP contribution in [0.5, 0.6) is 0 Å². The Balaban J connectivity index is 1.65. The fraction of sp³-hybridized carbons (Fsp3) is 0.400. The van der Waals surface area contributed by atoms with Crippen molar-refractivity contribution in [1.82, 2.24) is 15.0 Å². The van der Waals surface area contributed by atoms with E-state index in [9.17, 15) is 15.0 Å². The molecule has 0 saturated heterocycles. The normalized spacial score (nSPS) is 23.6. The summed E-state index contributed by atoms with van der Waals surface area (Å²) < 4.78 is 6.05. The van der Waals surface area contributed by atoms with Gasteiger partial charge in [-0.2, -0.15) is 4.98 Å². The number of nitrogens with two attached hydrogens (primary N) is 1. The lowest BCUT2D eigenvalue weighted by Crippen LogP contribution is -2.36. The number of carbonyl (C=O) groups is 1. The molecule has 4 rings (SSSR count). The Morgan fingerprint density at radius 2 is 2.03 bits per heavy atom. The van der Waals surface area contributed by atoms with Gasteiger partial charge in [0.1, 0.15) is 16.9 Å². The van der Waals surface area contributed by atoms with Gasteiger partial charge >= 0.3 is 5.97 Å². The van der Waals surface area contributed by atoms with Gasteiger partial charge in [-0.25, -0.2) is 9.97 Å². The molecule has 1 saturated carbocycles. The zero-order valence-electron chi connectivity index (χ0n) is 16.6. The number of aliphatic hydroxyl groups is 2. The first-order valence-corrected chi connectivity index (χ1v) is 10.4. The maximum Gasteiger partial charge on any atom is 0.302 e. The number of hydrogen-bond donors (Lipinski definition) is 4. The van der Waals surface area contributed by atoms with E-state index in [2.05, 4.69) is 15.3 Å². The number of nitrogens with one attached hydrogen (secondary N) is 1. The van der Waals surface area contributed by atoms with Crippen molar-refractivity contribution in [3.63, 3.8) is 0 Å². The standard InChI is InChI=1S/C20H23N5O4S/c1-9-15(19-24-12-5-3-4-6-14(12)30-19)18(25-20(21)22-9)23-13-7-11(8-29-10(2)26)16(27)17(13)28/h3-6,11,13,16-17,27-28H,7-8H2,1-2H3,(H3,21,22,23,25). The van der Waals surface area contributed by atoms with Gasteiger partial charge in [-0.1, -0.05) is 12.1 Å². The van der Waals surface area contributed by atoms with Crippen molar-refractivity contribution in [3.05, 3.63) is 30.0 Å². The van der Waals surface area contributed by atoms with E-state index >= 15 is 0 Å². The quantitative estimate of drug-likeness (QED) is 0.446. The van der Waals surface area contributed by atoms with Crippen LogP contribution in [0.4, 0.5) is 11.8 Å². The molecule has 1 fully saturated rings. The average Bonchev–Trinajstić information content (AvgIpc) is 3.22. The molecule has 0 radical (unpaired) electrons. The minimum absolute atomic E-state index is 0.0431. The number of anilines is 2. The third kappa shape index (κ3) is 3.93. The Kier molecular flexibility index (Phi) is 5.54. The van der Waals surface area contributed by atoms with Crippen LogP contribution in [0.3, 0.4) is 0 Å². The zero-order valence-corrected chi connectivity index (χ0v) is 17.4. The molecule has 0 aliphatic heterocycles. The third-order valence-electron chi connectivity index (χ3n) is 5.24. The summed E-state index contributed by atoms with van der Waals surface area (Å²) in [6, 6.07) is 7.31. The first kappa shape index (κ1) is 20.5. The molecule has 10 heteroatoms. The SMILES string of the molecule is CC(=O)OCC1CC(Nc2nc(N)nc(C)c2-c2nc3ccccc3s2)C(O)C1O. The predicted octanol–water partition coefficient (Wildman–Crippen LogP) is 1.73. The number of carbonyl (C=O) groups excluding carboxylic acids is 1. The number of aliphatic hydroxyl groups excluding tert-OH is 2. The summed E-state index contributed by atoms with van der Waals surface area (Å²) in [5.41, 5.74) is 8.11. The topological polar surface area (TPSA) is 143 Å². The van der Waals surface area contributed by atoms with Crippen molar-refractivity contribution in [2.24, 2.45) is 5.92 Å². The molecule has 2 heterocycles. The summed E-state index contributed by atoms with van der Waals surface area (Å²) in [6.45, 7) is 3.18. The van der Waals surface area contributed by atoms with Crippen LogP contribution in [-0.4, -0.2) is 56.0 Å². The number of nitrogens with zero attached hydrogens (tertiary/aromatic N) is 3. The molecule has 158 valence electrons. The number of fused-ring (bicyclic) bond motifs is 1. The Morgan fingerprint density at radius 1 is 1.27 bits per heavy atom. The minimum atomic E-state index is -1.05. The van der Waals surface area contributed by atoms with E-state index in [1.807, 2.05) is 31.2 Å². The Morgan fingerprint density at radius 3 is 2.77 bits per heavy atom. The molecule has 1 aliphatic rings. The van der Waals surface area contributed by atoms with Crippen LogP contribution in [-0.2, 0) is 9.53 Å². The van der Waals surface area contributed by atoms with E-state index in [1.165, 1.54) is 18.3 Å². The molecule has 0 bridgehead atoms. The van der Waals surface area contributed by atoms with Gasteiger partial charge in [0, 0.05) is 12.8 Å². The molecule has 1 aromatic carbocycles. The van der Waals surface area contributed by atoms with Crippen molar-refractivity contribution in [2.75, 3.05) is 17.7 Å². The first-order chi connectivity index (χ1) is 14.3. The molecule has 3 aromatic rings. The van der Waals surface area contributed by atoms with Gasteiger partial charge in [0.2, 0.25) is 5.95 Å². The van der Waals surface area contributed by atoms with Crippen molar-refractivity contribution in [3.8, 4) is 10.6 Å². The molecule has 0 spiro atoms. The van der Waals surface area contributed by atoms with Crippen LogP contribution in [0.1, 0.15) is 19.0 Å². The maximum atomic E-state index is 11.1. The highest BCUT2D eigenvalue weighted by molar-refractivity contribution is 7.21. The van der Waals surface area contributed by atoms with Gasteiger partial charge < -0.3 is 26.0 Å². The van der Waals surface area contributed by atoms with Crippen molar-refractivity contribution in [1.29, 1.82) is 0 Å². The Hall–Kier alpha value is -2.82. The first-order valence-electron chi connectivity index (χ1n) is 9.59. The van der Waals surface area contributed by atoms with Gasteiger partial charge in [0.15, 0.2) is 0 Å². The molecule has 5 N–H and O–H groups in total. The van der Waals surface area contributed by atoms with Gasteiger partial charge in [-0.05, 0) is 25.5 Å². The fourth-order valence-corrected chi connectivity index (χ4v) is 4.83. The number of thiazole rings is 1. The second kappa shape index (κ2) is 8.13. The van der Waals surface area contributed by atoms with Crippen LogP contribution in [0.2, 0.25) is 0 Å². The van der Waals surface area contributed by atoms with Crippen LogP contribution >= 0.6 is 11.3 Å². The van der Waals surface area contributed by atoms with Gasteiger partial charge in [-0.3, -0.25) is 4.79 Å². The highest BCUT2D eigenvalue weighted by Gasteiger charge is 2.42. The fourth-order valence-electron chi connectivity index (χ4n) is 3.77. The second-order valence-electron chi connectivity index (χ2n) is 7.41. The van der Waals surface area contributed by atoms with Crippen molar-refractivity contribution >= 4 is 39.3 Å². The highest BCUT2D eigenvalue weighted by atomic mass is 32.1. The number of benzene rings is 1. The zero-order chi connectivity index (χ0) is 21.4. The highest BCUT2D eigenvalue weighted by Crippen LogP contribution is 2.37. The summed E-state index contributed by atoms with van der Waals surface area (Å²) >= 11 is 1.51. The van der Waals surface area contributed by atoms with Crippen LogP contribution in [0, 0.1) is 12.8 Å². The van der Waals surface area contributed by atoms with Gasteiger partial charge in [-0.15, -0.1) is 11.3 Å². The monoisotopic (exact) mass is 429 g/mol. The molecule has 4 atom stereocenters. The summed E-state index contributed by atoms with van der Waals surface area (Å²) in [6.07, 6.45) is -1.67. The van der Waals surface area contributed by atoms with Crippen LogP contribution in [0.25, 0.3) is 20.8 Å². The maximum absolute atomic E-state index is 11.1. The van der Waals surface area contributed by atoms with E-state index in [0.29, 0.717) is 23.5 Å². The molecule has 1 aliphatic carbocycles. The number of aryl methyl sites for hydroxylation is 1. The van der Waals surface area contributed by atoms with Crippen LogP contribution < -0.4 is 11.1 Å². The molecule has 4 unspecified atom stereocenters. The molecular weight excluding hydrogens is 406 g/mol. The summed E-state index contributed by atoms with van der Waals surface area (Å²) in [4.78, 5) is 24.4. The average molecular weight is 430 g/mol. The molecular formula is C20H23N5O4S. The van der Waals surface area contributed by atoms with E-state index in [4.69, 9.17) is 15.5 Å². The Labute approximate surface area is 177 Å². The van der Waals surface area contributed by atoms with E-state index in [0.717, 1.165) is 15.2 Å². The molecule has 2 aromatic heterocycles. The molecule has 30 heavy (non-hydrogen) atoms. The third-order valence-corrected chi connectivity index (χ3v) is 6.29. The molecule has 9 nitrogen and oxygen atoms in total. The number of rotatable bonds is 5. The van der Waals surface area contributed by atoms with Gasteiger partial charge in [0.25, 0.3) is 0 Å². The largest absolute Gasteiger partial charge is 0.465 e. The van der Waals surface area contributed by atoms with Crippen molar-refractivity contribution < 1.29 is 19.7 Å². The Bertz CT molecular complexity index is 1060. The van der Waals surface area contributed by atoms with E-state index in [1.54, 1.807) is 0 Å². The van der Waals surface area contributed by atoms with E-state index in [-0.39, 0.29) is 18.5 Å². The summed E-state index contributed by atoms with van der Waals surface area (Å²) in [7, 11) is 0. The predicted molar refractivity (Wildman–Crippen MR) is 114 cm³/mol. The number of nitrogen functional groups attached to an aromatic ring is 1. The number of aromatic nitrogens is 3. The summed E-state index contributed by atoms with van der Waals surface area (Å²) in [5, 5.41) is 24.8. The van der Waals surface area contributed by atoms with Crippen molar-refractivity contribution in [2.45, 2.75) is 38.5 Å². The second-order valence-corrected chi connectivity index (χ2v) is 8.44. The lowest BCUT2D eigenvalue weighted by atomic mass is 10.1. The number of para-hydroxylation sites is 1. The van der Waals surface area contributed by atoms with Crippen LogP contribution in [0.15, 0.2) is 24.3 Å².